The molecule has 2 aromatic carbocycles. The van der Waals surface area contributed by atoms with Gasteiger partial charge in [0, 0.05) is 41.2 Å². The standard InChI is InChI=1S/C21H19ClN4S/c22-21-20(26-27-19-9-5-2-6-10-19)11-17(15-25-21)18(12-23)14-24-13-16-7-3-1-4-8-16/h1-12,14-15,23-24,26H,13H2/b18-14+,23-12?. The number of halogens is 1. The molecule has 0 amide bonds. The van der Waals surface area contributed by atoms with Crippen LogP contribution in [0.3, 0.4) is 0 Å². The van der Waals surface area contributed by atoms with Crippen LogP contribution in [-0.2, 0) is 6.54 Å². The van der Waals surface area contributed by atoms with Gasteiger partial charge in [0.2, 0.25) is 0 Å². The molecule has 4 nitrogen and oxygen atoms in total. The summed E-state index contributed by atoms with van der Waals surface area (Å²) in [6.45, 7) is 0.689. The van der Waals surface area contributed by atoms with Gasteiger partial charge in [-0.05, 0) is 35.7 Å². The Morgan fingerprint density at radius 1 is 1.07 bits per heavy atom. The van der Waals surface area contributed by atoms with Crippen LogP contribution >= 0.6 is 23.5 Å². The van der Waals surface area contributed by atoms with Gasteiger partial charge in [-0.3, -0.25) is 0 Å². The van der Waals surface area contributed by atoms with Gasteiger partial charge in [0.1, 0.15) is 0 Å². The molecule has 0 saturated heterocycles. The van der Waals surface area contributed by atoms with Gasteiger partial charge in [-0.15, -0.1) is 0 Å². The van der Waals surface area contributed by atoms with E-state index in [2.05, 4.69) is 27.2 Å². The third-order valence-electron chi connectivity index (χ3n) is 3.76. The minimum absolute atomic E-state index is 0.392. The lowest BCUT2D eigenvalue weighted by molar-refractivity contribution is 0.872. The summed E-state index contributed by atoms with van der Waals surface area (Å²) in [6.07, 6.45) is 4.79. The monoisotopic (exact) mass is 394 g/mol. The first kappa shape index (κ1) is 19.0. The van der Waals surface area contributed by atoms with Crippen LogP contribution in [-0.4, -0.2) is 11.2 Å². The number of nitrogens with zero attached hydrogens (tertiary/aromatic N) is 1. The second-order valence-corrected chi connectivity index (χ2v) is 6.93. The molecule has 1 aromatic heterocycles. The van der Waals surface area contributed by atoms with E-state index in [-0.39, 0.29) is 0 Å². The summed E-state index contributed by atoms with van der Waals surface area (Å²) >= 11 is 7.68. The van der Waals surface area contributed by atoms with Crippen molar-refractivity contribution in [3.05, 3.63) is 95.4 Å². The van der Waals surface area contributed by atoms with Gasteiger partial charge in [-0.1, -0.05) is 60.1 Å². The Labute approximate surface area is 168 Å². The van der Waals surface area contributed by atoms with E-state index < -0.39 is 0 Å². The van der Waals surface area contributed by atoms with E-state index in [1.807, 2.05) is 60.8 Å². The van der Waals surface area contributed by atoms with E-state index in [0.717, 1.165) is 16.0 Å². The number of allylic oxidation sites excluding steroid dienone is 1. The summed E-state index contributed by atoms with van der Waals surface area (Å²) in [4.78, 5) is 5.32. The van der Waals surface area contributed by atoms with Crippen LogP contribution in [0.5, 0.6) is 0 Å². The Bertz CT molecular complexity index is 914. The molecule has 0 aliphatic rings. The van der Waals surface area contributed by atoms with Crippen molar-refractivity contribution in [3.63, 3.8) is 0 Å². The number of pyridine rings is 1. The fourth-order valence-corrected chi connectivity index (χ4v) is 3.25. The normalized spacial score (nSPS) is 11.1. The lowest BCUT2D eigenvalue weighted by Crippen LogP contribution is -2.06. The zero-order valence-corrected chi connectivity index (χ0v) is 16.1. The van der Waals surface area contributed by atoms with Gasteiger partial charge >= 0.3 is 0 Å². The zero-order valence-electron chi connectivity index (χ0n) is 14.5. The van der Waals surface area contributed by atoms with Crippen LogP contribution < -0.4 is 10.0 Å². The SMILES string of the molecule is N=C/C(=C\NCc1ccccc1)c1cnc(Cl)c(NSc2ccccc2)c1. The van der Waals surface area contributed by atoms with Crippen LogP contribution in [0.25, 0.3) is 5.57 Å². The second kappa shape index (κ2) is 9.80. The zero-order chi connectivity index (χ0) is 18.9. The fourth-order valence-electron chi connectivity index (χ4n) is 2.36. The molecule has 0 bridgehead atoms. The fraction of sp³-hybridized carbons (Fsp3) is 0.0476. The molecule has 3 N–H and O–H groups in total. The third-order valence-corrected chi connectivity index (χ3v) is 4.89. The number of aromatic nitrogens is 1. The topological polar surface area (TPSA) is 60.8 Å². The predicted octanol–water partition coefficient (Wildman–Crippen LogP) is 5.63. The molecule has 0 radical (unpaired) electrons. The summed E-state index contributed by atoms with van der Waals surface area (Å²) in [5.74, 6) is 0. The van der Waals surface area contributed by atoms with E-state index in [1.54, 1.807) is 6.20 Å². The highest BCUT2D eigenvalue weighted by molar-refractivity contribution is 8.00. The van der Waals surface area contributed by atoms with Crippen molar-refractivity contribution in [2.75, 3.05) is 4.72 Å². The van der Waals surface area contributed by atoms with Gasteiger partial charge in [-0.25, -0.2) is 4.98 Å². The molecule has 27 heavy (non-hydrogen) atoms. The quantitative estimate of drug-likeness (QED) is 0.263. The van der Waals surface area contributed by atoms with Gasteiger partial charge in [0.15, 0.2) is 5.15 Å². The summed E-state index contributed by atoms with van der Waals surface area (Å²) in [6, 6.07) is 22.0. The Morgan fingerprint density at radius 3 is 2.48 bits per heavy atom. The Hall–Kier alpha value is -2.76. The highest BCUT2D eigenvalue weighted by Gasteiger charge is 2.07. The number of hydrogen-bond acceptors (Lipinski definition) is 5. The van der Waals surface area contributed by atoms with Crippen LogP contribution in [0.1, 0.15) is 11.1 Å². The number of benzene rings is 2. The smallest absolute Gasteiger partial charge is 0.152 e. The van der Waals surface area contributed by atoms with Crippen molar-refractivity contribution in [2.24, 2.45) is 0 Å². The van der Waals surface area contributed by atoms with Crippen molar-refractivity contribution >= 4 is 41.0 Å². The molecule has 0 fully saturated rings. The van der Waals surface area contributed by atoms with Crippen molar-refractivity contribution < 1.29 is 0 Å². The molecule has 0 saturated carbocycles. The molecule has 6 heteroatoms. The average Bonchev–Trinajstić information content (AvgIpc) is 2.72. The minimum Gasteiger partial charge on any atom is -0.386 e. The minimum atomic E-state index is 0.392. The first-order valence-corrected chi connectivity index (χ1v) is 9.57. The average molecular weight is 395 g/mol. The molecule has 0 aliphatic carbocycles. The Balaban J connectivity index is 1.70. The molecule has 3 aromatic rings. The van der Waals surface area contributed by atoms with Gasteiger partial charge < -0.3 is 15.4 Å². The van der Waals surface area contributed by atoms with Crippen molar-refractivity contribution in [1.82, 2.24) is 10.3 Å². The first-order valence-electron chi connectivity index (χ1n) is 8.38. The van der Waals surface area contributed by atoms with E-state index in [9.17, 15) is 0 Å². The van der Waals surface area contributed by atoms with Gasteiger partial charge in [0.25, 0.3) is 0 Å². The predicted molar refractivity (Wildman–Crippen MR) is 115 cm³/mol. The summed E-state index contributed by atoms with van der Waals surface area (Å²) in [5, 5.41) is 11.4. The lowest BCUT2D eigenvalue weighted by atomic mass is 10.1. The molecular formula is C21H19ClN4S. The van der Waals surface area contributed by atoms with E-state index >= 15 is 0 Å². The van der Waals surface area contributed by atoms with E-state index in [1.165, 1.54) is 23.7 Å². The summed E-state index contributed by atoms with van der Waals surface area (Å²) in [7, 11) is 0. The van der Waals surface area contributed by atoms with Crippen molar-refractivity contribution in [1.29, 1.82) is 5.41 Å². The number of anilines is 1. The van der Waals surface area contributed by atoms with E-state index in [0.29, 0.717) is 17.4 Å². The maximum Gasteiger partial charge on any atom is 0.152 e. The molecule has 0 atom stereocenters. The number of hydrogen-bond donors (Lipinski definition) is 3. The molecule has 3 rings (SSSR count). The molecule has 0 spiro atoms. The molecular weight excluding hydrogens is 376 g/mol. The highest BCUT2D eigenvalue weighted by Crippen LogP contribution is 2.28. The van der Waals surface area contributed by atoms with Gasteiger partial charge in [0.05, 0.1) is 5.69 Å². The number of rotatable bonds is 8. The largest absolute Gasteiger partial charge is 0.386 e. The second-order valence-electron chi connectivity index (χ2n) is 5.69. The van der Waals surface area contributed by atoms with E-state index in [4.69, 9.17) is 17.0 Å². The molecule has 1 heterocycles. The van der Waals surface area contributed by atoms with Crippen molar-refractivity contribution in [3.8, 4) is 0 Å². The molecule has 0 aliphatic heterocycles. The lowest BCUT2D eigenvalue weighted by Gasteiger charge is -2.10. The highest BCUT2D eigenvalue weighted by atomic mass is 35.5. The Morgan fingerprint density at radius 2 is 1.78 bits per heavy atom. The van der Waals surface area contributed by atoms with Crippen molar-refractivity contribution in [2.45, 2.75) is 11.4 Å². The van der Waals surface area contributed by atoms with Crippen LogP contribution in [0.2, 0.25) is 5.15 Å². The Kier molecular flexibility index (Phi) is 6.90. The van der Waals surface area contributed by atoms with Crippen LogP contribution in [0.15, 0.2) is 84.0 Å². The summed E-state index contributed by atoms with van der Waals surface area (Å²) in [5.41, 5.74) is 3.42. The molecule has 0 unspecified atom stereocenters. The molecule has 136 valence electrons. The summed E-state index contributed by atoms with van der Waals surface area (Å²) < 4.78 is 3.23. The number of nitrogens with one attached hydrogen (secondary N) is 3. The first-order chi connectivity index (χ1) is 13.3. The maximum absolute atomic E-state index is 7.72. The maximum atomic E-state index is 7.72. The van der Waals surface area contributed by atoms with Gasteiger partial charge in [-0.2, -0.15) is 0 Å². The van der Waals surface area contributed by atoms with Crippen LogP contribution in [0, 0.1) is 5.41 Å². The van der Waals surface area contributed by atoms with Crippen LogP contribution in [0.4, 0.5) is 5.69 Å². The third kappa shape index (κ3) is 5.61.